The fourth-order valence-corrected chi connectivity index (χ4v) is 2.73. The summed E-state index contributed by atoms with van der Waals surface area (Å²) in [5.74, 6) is 0.579. The number of nitrogens with zero attached hydrogens (tertiary/aromatic N) is 4. The van der Waals surface area contributed by atoms with Crippen molar-refractivity contribution < 1.29 is 4.39 Å². The van der Waals surface area contributed by atoms with Crippen LogP contribution in [0, 0.1) is 5.82 Å². The summed E-state index contributed by atoms with van der Waals surface area (Å²) in [4.78, 5) is 12.4. The Balaban J connectivity index is 2.09. The van der Waals surface area contributed by atoms with Gasteiger partial charge in [-0.2, -0.15) is 0 Å². The van der Waals surface area contributed by atoms with Gasteiger partial charge in [-0.05, 0) is 30.7 Å². The predicted octanol–water partition coefficient (Wildman–Crippen LogP) is 2.52. The molecule has 5 nitrogen and oxygen atoms in total. The number of hydrogen-bond acceptors (Lipinski definition) is 4. The Bertz CT molecular complexity index is 825. The van der Waals surface area contributed by atoms with Crippen molar-refractivity contribution >= 4 is 17.4 Å². The lowest BCUT2D eigenvalue weighted by molar-refractivity contribution is 0.627. The average molecular weight is 304 g/mol. The lowest BCUT2D eigenvalue weighted by Crippen LogP contribution is -2.20. The predicted molar refractivity (Wildman–Crippen MR) is 79.6 cm³/mol. The number of fused-ring (bicyclic) bond motifs is 1. The summed E-state index contributed by atoms with van der Waals surface area (Å²) in [5, 5.41) is 8.71. The topological polar surface area (TPSA) is 52.2 Å². The van der Waals surface area contributed by atoms with Crippen molar-refractivity contribution in [2.45, 2.75) is 18.5 Å². The largest absolute Gasteiger partial charge is 0.300 e. The van der Waals surface area contributed by atoms with Crippen LogP contribution in [0.4, 0.5) is 4.39 Å². The van der Waals surface area contributed by atoms with Gasteiger partial charge >= 0.3 is 5.56 Å². The maximum absolute atomic E-state index is 13.0. The first kappa shape index (κ1) is 13.8. The highest BCUT2D eigenvalue weighted by Gasteiger charge is 2.11. The van der Waals surface area contributed by atoms with Crippen molar-refractivity contribution in [2.75, 3.05) is 5.75 Å². The highest BCUT2D eigenvalue weighted by Crippen LogP contribution is 2.16. The highest BCUT2D eigenvalue weighted by molar-refractivity contribution is 7.99. The van der Waals surface area contributed by atoms with E-state index in [4.69, 9.17) is 0 Å². The molecule has 3 aromatic rings. The molecular weight excluding hydrogens is 291 g/mol. The molecule has 0 aliphatic rings. The maximum Gasteiger partial charge on any atom is 0.300 e. The van der Waals surface area contributed by atoms with Crippen LogP contribution in [-0.2, 0) is 0 Å². The van der Waals surface area contributed by atoms with Gasteiger partial charge in [0.15, 0.2) is 5.16 Å². The number of thioether (sulfide) groups is 1. The van der Waals surface area contributed by atoms with E-state index in [0.29, 0.717) is 10.8 Å². The molecule has 0 unspecified atom stereocenters. The summed E-state index contributed by atoms with van der Waals surface area (Å²) in [6, 6.07) is 5.74. The number of aromatic nitrogens is 4. The minimum Gasteiger partial charge on any atom is -0.280 e. The summed E-state index contributed by atoms with van der Waals surface area (Å²) in [6.07, 6.45) is 4.41. The molecule has 2 aromatic heterocycles. The van der Waals surface area contributed by atoms with Crippen molar-refractivity contribution in [3.63, 3.8) is 0 Å². The normalized spacial score (nSPS) is 11.1. The maximum atomic E-state index is 13.0. The van der Waals surface area contributed by atoms with Gasteiger partial charge in [-0.15, -0.1) is 10.2 Å². The molecule has 0 radical (unpaired) electrons. The summed E-state index contributed by atoms with van der Waals surface area (Å²) < 4.78 is 16.1. The van der Waals surface area contributed by atoms with Crippen LogP contribution in [-0.4, -0.2) is 24.9 Å². The summed E-state index contributed by atoms with van der Waals surface area (Å²) in [5.41, 5.74) is 0.579. The van der Waals surface area contributed by atoms with Crippen molar-refractivity contribution in [1.82, 2.24) is 19.2 Å². The Labute approximate surface area is 124 Å². The van der Waals surface area contributed by atoms with E-state index in [1.165, 1.54) is 16.7 Å². The second kappa shape index (κ2) is 5.69. The van der Waals surface area contributed by atoms with Crippen molar-refractivity contribution in [2.24, 2.45) is 0 Å². The fourth-order valence-electron chi connectivity index (χ4n) is 1.96. The molecule has 7 heteroatoms. The Morgan fingerprint density at radius 2 is 1.95 bits per heavy atom. The zero-order chi connectivity index (χ0) is 14.8. The van der Waals surface area contributed by atoms with Gasteiger partial charge in [-0.3, -0.25) is 13.8 Å². The number of rotatable bonds is 4. The lowest BCUT2D eigenvalue weighted by atomic mass is 10.3. The molecule has 0 amide bonds. The first-order valence-electron chi connectivity index (χ1n) is 6.56. The van der Waals surface area contributed by atoms with Gasteiger partial charge in [0.25, 0.3) is 0 Å². The van der Waals surface area contributed by atoms with Gasteiger partial charge < -0.3 is 0 Å². The first-order valence-corrected chi connectivity index (χ1v) is 7.54. The third-order valence-electron chi connectivity index (χ3n) is 2.98. The molecule has 0 bridgehead atoms. The molecule has 0 spiro atoms. The molecule has 0 saturated heterocycles. The zero-order valence-electron chi connectivity index (χ0n) is 11.4. The SMILES string of the molecule is CCCSc1nnc2c(=O)n(-c3ccc(F)cc3)ccn12. The molecule has 0 atom stereocenters. The van der Waals surface area contributed by atoms with Crippen LogP contribution in [0.5, 0.6) is 0 Å². The van der Waals surface area contributed by atoms with Crippen LogP contribution in [0.1, 0.15) is 13.3 Å². The van der Waals surface area contributed by atoms with Crippen LogP contribution >= 0.6 is 11.8 Å². The molecule has 0 saturated carbocycles. The standard InChI is InChI=1S/C14H13FN4OS/c1-2-9-21-14-17-16-12-13(20)18(7-8-19(12)14)11-5-3-10(15)4-6-11/h3-8H,2,9H2,1H3. The van der Waals surface area contributed by atoms with Gasteiger partial charge in [-0.1, -0.05) is 18.7 Å². The van der Waals surface area contributed by atoms with E-state index in [1.807, 2.05) is 0 Å². The van der Waals surface area contributed by atoms with E-state index in [9.17, 15) is 9.18 Å². The molecule has 108 valence electrons. The molecule has 0 aliphatic carbocycles. The molecule has 2 heterocycles. The highest BCUT2D eigenvalue weighted by atomic mass is 32.2. The fraction of sp³-hybridized carbons (Fsp3) is 0.214. The third kappa shape index (κ3) is 2.56. The summed E-state index contributed by atoms with van der Waals surface area (Å²) in [6.45, 7) is 2.08. The first-order chi connectivity index (χ1) is 10.2. The lowest BCUT2D eigenvalue weighted by Gasteiger charge is -2.06. The smallest absolute Gasteiger partial charge is 0.280 e. The molecule has 0 aliphatic heterocycles. The van der Waals surface area contributed by atoms with E-state index in [1.54, 1.807) is 40.7 Å². The van der Waals surface area contributed by atoms with Crippen LogP contribution < -0.4 is 5.56 Å². The Morgan fingerprint density at radius 3 is 2.67 bits per heavy atom. The van der Waals surface area contributed by atoms with Crippen LogP contribution in [0.15, 0.2) is 46.6 Å². The van der Waals surface area contributed by atoms with Crippen LogP contribution in [0.25, 0.3) is 11.3 Å². The summed E-state index contributed by atoms with van der Waals surface area (Å²) in [7, 11) is 0. The zero-order valence-corrected chi connectivity index (χ0v) is 12.2. The van der Waals surface area contributed by atoms with Crippen LogP contribution in [0.2, 0.25) is 0 Å². The van der Waals surface area contributed by atoms with E-state index < -0.39 is 0 Å². The van der Waals surface area contributed by atoms with Gasteiger partial charge in [0.1, 0.15) is 5.82 Å². The minimum absolute atomic E-state index is 0.264. The molecule has 0 N–H and O–H groups in total. The quantitative estimate of drug-likeness (QED) is 0.695. The monoisotopic (exact) mass is 304 g/mol. The number of halogens is 1. The summed E-state index contributed by atoms with van der Waals surface area (Å²) >= 11 is 1.56. The molecule has 1 aromatic carbocycles. The number of benzene rings is 1. The third-order valence-corrected chi connectivity index (χ3v) is 4.13. The van der Waals surface area contributed by atoms with Crippen molar-refractivity contribution in [3.8, 4) is 5.69 Å². The van der Waals surface area contributed by atoms with Crippen molar-refractivity contribution in [3.05, 3.63) is 52.8 Å². The van der Waals surface area contributed by atoms with Gasteiger partial charge in [-0.25, -0.2) is 4.39 Å². The van der Waals surface area contributed by atoms with Gasteiger partial charge in [0.2, 0.25) is 5.65 Å². The molecular formula is C14H13FN4OS. The molecule has 0 fully saturated rings. The second-order valence-electron chi connectivity index (χ2n) is 4.47. The van der Waals surface area contributed by atoms with E-state index >= 15 is 0 Å². The van der Waals surface area contributed by atoms with E-state index in [2.05, 4.69) is 17.1 Å². The molecule has 21 heavy (non-hydrogen) atoms. The van der Waals surface area contributed by atoms with Gasteiger partial charge in [0.05, 0.1) is 0 Å². The Morgan fingerprint density at radius 1 is 1.19 bits per heavy atom. The van der Waals surface area contributed by atoms with E-state index in [-0.39, 0.29) is 17.0 Å². The average Bonchev–Trinajstić information content (AvgIpc) is 2.91. The van der Waals surface area contributed by atoms with Crippen LogP contribution in [0.3, 0.4) is 0 Å². The molecule has 3 rings (SSSR count). The van der Waals surface area contributed by atoms with Crippen molar-refractivity contribution in [1.29, 1.82) is 0 Å². The van der Waals surface area contributed by atoms with E-state index in [0.717, 1.165) is 12.2 Å². The Kier molecular flexibility index (Phi) is 3.74. The minimum atomic E-state index is -0.339. The Hall–Kier alpha value is -2.15. The second-order valence-corrected chi connectivity index (χ2v) is 5.54. The van der Waals surface area contributed by atoms with Gasteiger partial charge in [0, 0.05) is 23.8 Å². The number of hydrogen-bond donors (Lipinski definition) is 0.